The van der Waals surface area contributed by atoms with E-state index >= 15 is 0 Å². The quantitative estimate of drug-likeness (QED) is 0.627. The van der Waals surface area contributed by atoms with E-state index in [0.717, 1.165) is 17.1 Å². The van der Waals surface area contributed by atoms with Crippen molar-refractivity contribution in [3.63, 3.8) is 0 Å². The number of nitrogens with zero attached hydrogens (tertiary/aromatic N) is 2. The van der Waals surface area contributed by atoms with Gasteiger partial charge in [-0.15, -0.1) is 0 Å². The summed E-state index contributed by atoms with van der Waals surface area (Å²) >= 11 is 0. The second-order valence-corrected chi connectivity index (χ2v) is 3.68. The Balaban J connectivity index is 2.31. The van der Waals surface area contributed by atoms with E-state index in [-0.39, 0.29) is 5.69 Å². The summed E-state index contributed by atoms with van der Waals surface area (Å²) in [4.78, 5) is 4.14. The van der Waals surface area contributed by atoms with E-state index < -0.39 is 11.6 Å². The van der Waals surface area contributed by atoms with Crippen LogP contribution in [0.15, 0.2) is 48.8 Å². The maximum absolute atomic E-state index is 13.7. The summed E-state index contributed by atoms with van der Waals surface area (Å²) < 4.78 is 28.4. The molecule has 0 N–H and O–H groups in total. The Labute approximate surface area is 96.1 Å². The zero-order valence-corrected chi connectivity index (χ0v) is 8.77. The normalized spacial score (nSPS) is 10.9. The molecular weight excluding hydrogens is 222 g/mol. The van der Waals surface area contributed by atoms with Gasteiger partial charge in [0.25, 0.3) is 0 Å². The summed E-state index contributed by atoms with van der Waals surface area (Å²) in [5.74, 6) is -1.73. The topological polar surface area (TPSA) is 17.8 Å². The number of fused-ring (bicyclic) bond motifs is 1. The summed E-state index contributed by atoms with van der Waals surface area (Å²) in [5, 5.41) is 0. The lowest BCUT2D eigenvalue weighted by molar-refractivity contribution is 0.505. The zero-order chi connectivity index (χ0) is 11.8. The first-order valence-corrected chi connectivity index (χ1v) is 5.14. The Kier molecular flexibility index (Phi) is 2.14. The summed E-state index contributed by atoms with van der Waals surface area (Å²) in [5.41, 5.74) is 1.66. The van der Waals surface area contributed by atoms with E-state index in [0.29, 0.717) is 0 Å². The average molecular weight is 230 g/mol. The number of aromatic nitrogens is 2. The summed E-state index contributed by atoms with van der Waals surface area (Å²) in [6.07, 6.45) is 1.49. The molecule has 3 aromatic rings. The SMILES string of the molecule is Fc1cccc(-n2cnc3ccccc32)c1F. The first-order valence-electron chi connectivity index (χ1n) is 5.14. The van der Waals surface area contributed by atoms with Crippen LogP contribution in [0.3, 0.4) is 0 Å². The largest absolute Gasteiger partial charge is 0.296 e. The number of rotatable bonds is 1. The zero-order valence-electron chi connectivity index (χ0n) is 8.77. The van der Waals surface area contributed by atoms with Crippen molar-refractivity contribution >= 4 is 11.0 Å². The van der Waals surface area contributed by atoms with E-state index in [1.54, 1.807) is 0 Å². The number of benzene rings is 2. The molecule has 1 aromatic heterocycles. The lowest BCUT2D eigenvalue weighted by Gasteiger charge is -2.05. The van der Waals surface area contributed by atoms with Gasteiger partial charge >= 0.3 is 0 Å². The molecule has 0 unspecified atom stereocenters. The minimum Gasteiger partial charge on any atom is -0.296 e. The van der Waals surface area contributed by atoms with Crippen molar-refractivity contribution in [1.29, 1.82) is 0 Å². The number of hydrogen-bond donors (Lipinski definition) is 0. The van der Waals surface area contributed by atoms with Gasteiger partial charge in [0.2, 0.25) is 0 Å². The number of halogens is 2. The predicted molar refractivity (Wildman–Crippen MR) is 61.0 cm³/mol. The first kappa shape index (κ1) is 9.96. The van der Waals surface area contributed by atoms with E-state index in [1.165, 1.54) is 23.0 Å². The molecule has 17 heavy (non-hydrogen) atoms. The van der Waals surface area contributed by atoms with Gasteiger partial charge in [-0.2, -0.15) is 0 Å². The minimum absolute atomic E-state index is 0.165. The van der Waals surface area contributed by atoms with Crippen LogP contribution in [0.4, 0.5) is 8.78 Å². The predicted octanol–water partition coefficient (Wildman–Crippen LogP) is 3.30. The Morgan fingerprint density at radius 2 is 1.76 bits per heavy atom. The molecule has 4 heteroatoms. The second-order valence-electron chi connectivity index (χ2n) is 3.68. The van der Waals surface area contributed by atoms with Crippen LogP contribution in [0.25, 0.3) is 16.7 Å². The molecule has 0 aliphatic carbocycles. The van der Waals surface area contributed by atoms with Crippen LogP contribution >= 0.6 is 0 Å². The van der Waals surface area contributed by atoms with Crippen LogP contribution < -0.4 is 0 Å². The second kappa shape index (κ2) is 3.66. The van der Waals surface area contributed by atoms with E-state index in [1.807, 2.05) is 24.3 Å². The van der Waals surface area contributed by atoms with Crippen molar-refractivity contribution in [2.24, 2.45) is 0 Å². The fourth-order valence-corrected chi connectivity index (χ4v) is 1.83. The average Bonchev–Trinajstić information content (AvgIpc) is 2.77. The lowest BCUT2D eigenvalue weighted by atomic mass is 10.2. The lowest BCUT2D eigenvalue weighted by Crippen LogP contribution is -1.98. The van der Waals surface area contributed by atoms with Crippen LogP contribution in [-0.2, 0) is 0 Å². The summed E-state index contributed by atoms with van der Waals surface area (Å²) in [6.45, 7) is 0. The van der Waals surface area contributed by atoms with Gasteiger partial charge in [0.15, 0.2) is 11.6 Å². The van der Waals surface area contributed by atoms with Gasteiger partial charge in [-0.1, -0.05) is 18.2 Å². The third kappa shape index (κ3) is 1.49. The fraction of sp³-hybridized carbons (Fsp3) is 0. The maximum atomic E-state index is 13.7. The Hall–Kier alpha value is -2.23. The molecule has 0 fully saturated rings. The molecule has 3 rings (SSSR count). The van der Waals surface area contributed by atoms with Gasteiger partial charge in [-0.05, 0) is 24.3 Å². The highest BCUT2D eigenvalue weighted by atomic mass is 19.2. The Bertz CT molecular complexity index is 689. The fourth-order valence-electron chi connectivity index (χ4n) is 1.83. The van der Waals surface area contributed by atoms with Gasteiger partial charge in [0.1, 0.15) is 6.33 Å². The maximum Gasteiger partial charge on any atom is 0.182 e. The van der Waals surface area contributed by atoms with E-state index in [9.17, 15) is 8.78 Å². The molecule has 84 valence electrons. The van der Waals surface area contributed by atoms with Gasteiger partial charge < -0.3 is 0 Å². The molecule has 0 aliphatic rings. The molecule has 0 saturated heterocycles. The van der Waals surface area contributed by atoms with Gasteiger partial charge in [-0.3, -0.25) is 4.57 Å². The third-order valence-electron chi connectivity index (χ3n) is 2.64. The highest BCUT2D eigenvalue weighted by molar-refractivity contribution is 5.77. The van der Waals surface area contributed by atoms with Gasteiger partial charge in [0, 0.05) is 0 Å². The first-order chi connectivity index (χ1) is 8.27. The molecule has 0 radical (unpaired) electrons. The smallest absolute Gasteiger partial charge is 0.182 e. The molecule has 0 saturated carbocycles. The Morgan fingerprint density at radius 1 is 0.941 bits per heavy atom. The van der Waals surface area contributed by atoms with E-state index in [2.05, 4.69) is 4.98 Å². The number of para-hydroxylation sites is 2. The van der Waals surface area contributed by atoms with Crippen LogP contribution in [0.1, 0.15) is 0 Å². The molecule has 0 spiro atoms. The third-order valence-corrected chi connectivity index (χ3v) is 2.64. The van der Waals surface area contributed by atoms with E-state index in [4.69, 9.17) is 0 Å². The van der Waals surface area contributed by atoms with Crippen LogP contribution in [0.2, 0.25) is 0 Å². The molecular formula is C13H8F2N2. The van der Waals surface area contributed by atoms with Crippen LogP contribution in [0, 0.1) is 11.6 Å². The summed E-state index contributed by atoms with van der Waals surface area (Å²) in [7, 11) is 0. The van der Waals surface area contributed by atoms with Crippen molar-refractivity contribution in [2.75, 3.05) is 0 Å². The van der Waals surface area contributed by atoms with Crippen molar-refractivity contribution in [2.45, 2.75) is 0 Å². The van der Waals surface area contributed by atoms with Gasteiger partial charge in [0.05, 0.1) is 16.7 Å². The van der Waals surface area contributed by atoms with Crippen molar-refractivity contribution < 1.29 is 8.78 Å². The van der Waals surface area contributed by atoms with Crippen molar-refractivity contribution in [3.8, 4) is 5.69 Å². The molecule has 0 atom stereocenters. The number of imidazole rings is 1. The van der Waals surface area contributed by atoms with Gasteiger partial charge in [-0.25, -0.2) is 13.8 Å². The molecule has 0 bridgehead atoms. The van der Waals surface area contributed by atoms with Crippen LogP contribution in [-0.4, -0.2) is 9.55 Å². The highest BCUT2D eigenvalue weighted by Crippen LogP contribution is 2.21. The highest BCUT2D eigenvalue weighted by Gasteiger charge is 2.11. The molecule has 0 aliphatic heterocycles. The molecule has 2 nitrogen and oxygen atoms in total. The molecule has 0 amide bonds. The minimum atomic E-state index is -0.865. The number of hydrogen-bond acceptors (Lipinski definition) is 1. The monoisotopic (exact) mass is 230 g/mol. The molecule has 2 aromatic carbocycles. The van der Waals surface area contributed by atoms with Crippen molar-refractivity contribution in [1.82, 2.24) is 9.55 Å². The summed E-state index contributed by atoms with van der Waals surface area (Å²) in [6, 6.07) is 11.4. The standard InChI is InChI=1S/C13H8F2N2/c14-9-4-3-7-12(13(9)15)17-8-16-10-5-1-2-6-11(10)17/h1-8H. The molecule has 1 heterocycles. The van der Waals surface area contributed by atoms with Crippen molar-refractivity contribution in [3.05, 3.63) is 60.4 Å². The Morgan fingerprint density at radius 3 is 2.65 bits per heavy atom. The van der Waals surface area contributed by atoms with Crippen LogP contribution in [0.5, 0.6) is 0 Å².